The maximum absolute atomic E-state index is 13.8. The number of nitrogens with one attached hydrogen (secondary N) is 2. The van der Waals surface area contributed by atoms with Crippen molar-refractivity contribution in [1.29, 1.82) is 0 Å². The van der Waals surface area contributed by atoms with Gasteiger partial charge in [-0.25, -0.2) is 10.5 Å². The molecule has 55 heavy (non-hydrogen) atoms. The molecule has 2 unspecified atom stereocenters. The van der Waals surface area contributed by atoms with Gasteiger partial charge in [0.1, 0.15) is 17.5 Å². The van der Waals surface area contributed by atoms with E-state index in [0.717, 1.165) is 5.56 Å². The number of methoxy groups -OCH3 is 2. The van der Waals surface area contributed by atoms with Crippen LogP contribution >= 0.6 is 0 Å². The van der Waals surface area contributed by atoms with Gasteiger partial charge < -0.3 is 24.4 Å². The molecule has 2 heterocycles. The Kier molecular flexibility index (Phi) is 13.1. The summed E-state index contributed by atoms with van der Waals surface area (Å²) in [5, 5.41) is 20.2. The first-order valence-electron chi connectivity index (χ1n) is 17.3. The van der Waals surface area contributed by atoms with Crippen LogP contribution in [0, 0.1) is 0 Å². The fraction of sp³-hybridized carbons (Fsp3) is 0.316. The topological polar surface area (TPSA) is 218 Å². The molecule has 4 aromatic rings. The van der Waals surface area contributed by atoms with Crippen LogP contribution in [0.15, 0.2) is 100 Å². The molecule has 1 saturated heterocycles. The van der Waals surface area contributed by atoms with Gasteiger partial charge in [-0.15, -0.1) is 5.11 Å². The fourth-order valence-electron chi connectivity index (χ4n) is 6.26. The number of carbonyl (C=O) groups excluding carboxylic acids is 3. The Balaban J connectivity index is 1.10. The molecule has 0 radical (unpaired) electrons. The zero-order valence-electron chi connectivity index (χ0n) is 30.5. The van der Waals surface area contributed by atoms with Gasteiger partial charge in [-0.2, -0.15) is 13.5 Å². The summed E-state index contributed by atoms with van der Waals surface area (Å²) < 4.78 is 49.1. The maximum atomic E-state index is 13.8. The smallest absolute Gasteiger partial charge is 0.294 e. The van der Waals surface area contributed by atoms with Crippen LogP contribution < -0.4 is 25.0 Å². The number of unbranched alkanes of at least 4 members (excludes halogenated alkanes) is 1. The lowest BCUT2D eigenvalue weighted by molar-refractivity contribution is -0.144. The molecule has 0 aliphatic carbocycles. The highest BCUT2D eigenvalue weighted by molar-refractivity contribution is 7.85. The minimum Gasteiger partial charge on any atom is -0.493 e. The zero-order chi connectivity index (χ0) is 39.6. The van der Waals surface area contributed by atoms with Crippen LogP contribution in [0.1, 0.15) is 54.1 Å². The molecule has 17 heteroatoms. The number of hydrogen-bond acceptors (Lipinski definition) is 12. The van der Waals surface area contributed by atoms with Crippen LogP contribution in [-0.4, -0.2) is 79.1 Å². The molecular formula is C38H42N6O10S. The maximum Gasteiger partial charge on any atom is 0.294 e. The van der Waals surface area contributed by atoms with Crippen LogP contribution in [0.5, 0.6) is 23.0 Å². The molecule has 1 fully saturated rings. The number of nitrogens with zero attached hydrogens (tertiary/aromatic N) is 4. The van der Waals surface area contributed by atoms with Crippen molar-refractivity contribution in [1.82, 2.24) is 20.7 Å². The van der Waals surface area contributed by atoms with Crippen LogP contribution in [0.3, 0.4) is 0 Å². The van der Waals surface area contributed by atoms with Gasteiger partial charge in [-0.05, 0) is 86.2 Å². The number of rotatable bonds is 17. The van der Waals surface area contributed by atoms with Gasteiger partial charge in [0, 0.05) is 25.4 Å². The number of pyridine rings is 1. The number of azo groups is 1. The third-order valence-electron chi connectivity index (χ3n) is 9.32. The van der Waals surface area contributed by atoms with E-state index in [1.54, 1.807) is 49.0 Å². The van der Waals surface area contributed by atoms with Crippen molar-refractivity contribution < 1.29 is 46.8 Å². The van der Waals surface area contributed by atoms with Crippen LogP contribution in [0.2, 0.25) is 0 Å². The van der Waals surface area contributed by atoms with Crippen LogP contribution in [0.4, 0.5) is 5.82 Å². The van der Waals surface area contributed by atoms with Crippen molar-refractivity contribution in [3.8, 4) is 23.0 Å². The highest BCUT2D eigenvalue weighted by Gasteiger charge is 2.47. The van der Waals surface area contributed by atoms with E-state index in [1.807, 2.05) is 19.1 Å². The van der Waals surface area contributed by atoms with Crippen molar-refractivity contribution in [3.05, 3.63) is 102 Å². The van der Waals surface area contributed by atoms with E-state index in [0.29, 0.717) is 48.8 Å². The first-order valence-corrected chi connectivity index (χ1v) is 18.7. The number of hydrogen-bond donors (Lipinski definition) is 4. The Morgan fingerprint density at radius 2 is 1.71 bits per heavy atom. The molecule has 1 aromatic heterocycles. The third-order valence-corrected chi connectivity index (χ3v) is 10.3. The fourth-order valence-corrected chi connectivity index (χ4v) is 6.98. The van der Waals surface area contributed by atoms with Gasteiger partial charge in [0.15, 0.2) is 17.3 Å². The van der Waals surface area contributed by atoms with Crippen LogP contribution in [-0.2, 0) is 31.7 Å². The highest BCUT2D eigenvalue weighted by atomic mass is 32.2. The van der Waals surface area contributed by atoms with E-state index in [2.05, 4.69) is 20.5 Å². The van der Waals surface area contributed by atoms with Crippen molar-refractivity contribution in [3.63, 3.8) is 0 Å². The Hall–Kier alpha value is -5.91. The predicted molar refractivity (Wildman–Crippen MR) is 198 cm³/mol. The number of carbonyl (C=O) groups is 3. The summed E-state index contributed by atoms with van der Waals surface area (Å²) in [6.07, 6.45) is 3.01. The first kappa shape index (κ1) is 40.3. The summed E-state index contributed by atoms with van der Waals surface area (Å²) in [7, 11) is -1.32. The molecule has 5 rings (SSSR count). The summed E-state index contributed by atoms with van der Waals surface area (Å²) in [5.74, 6) is 1.09. The normalized spacial score (nSPS) is 16.2. The van der Waals surface area contributed by atoms with Crippen LogP contribution in [0.25, 0.3) is 0 Å². The predicted octanol–water partition coefficient (Wildman–Crippen LogP) is 5.39. The minimum atomic E-state index is -4.41. The quantitative estimate of drug-likeness (QED) is 0.0351. The molecule has 16 nitrogen and oxygen atoms in total. The monoisotopic (exact) mass is 774 g/mol. The molecule has 290 valence electrons. The number of ether oxygens (including phenoxy) is 3. The van der Waals surface area contributed by atoms with Crippen molar-refractivity contribution in [2.24, 2.45) is 10.2 Å². The molecule has 2 atom stereocenters. The number of amides is 3. The molecule has 0 saturated carbocycles. The van der Waals surface area contributed by atoms with E-state index in [9.17, 15) is 32.6 Å². The second kappa shape index (κ2) is 17.9. The molecular weight excluding hydrogens is 733 g/mol. The molecule has 1 aliphatic heterocycles. The largest absolute Gasteiger partial charge is 0.493 e. The summed E-state index contributed by atoms with van der Waals surface area (Å²) >= 11 is 0. The third kappa shape index (κ3) is 9.80. The summed E-state index contributed by atoms with van der Waals surface area (Å²) in [6, 6.07) is 20.4. The van der Waals surface area contributed by atoms with Gasteiger partial charge in [0.25, 0.3) is 21.9 Å². The van der Waals surface area contributed by atoms with E-state index >= 15 is 0 Å². The average molecular weight is 775 g/mol. The van der Waals surface area contributed by atoms with E-state index < -0.39 is 27.5 Å². The van der Waals surface area contributed by atoms with Crippen molar-refractivity contribution in [2.75, 3.05) is 27.3 Å². The van der Waals surface area contributed by atoms with Gasteiger partial charge in [0.2, 0.25) is 5.91 Å². The van der Waals surface area contributed by atoms with Crippen molar-refractivity contribution >= 4 is 33.7 Å². The number of likely N-dealkylation sites (tertiary alicyclic amines) is 1. The summed E-state index contributed by atoms with van der Waals surface area (Å²) in [6.45, 7) is 2.32. The minimum absolute atomic E-state index is 0.112. The average Bonchev–Trinajstić information content (AvgIpc) is 3.49. The second-order valence-electron chi connectivity index (χ2n) is 12.9. The highest BCUT2D eigenvalue weighted by Crippen LogP contribution is 2.39. The van der Waals surface area contributed by atoms with E-state index in [4.69, 9.17) is 14.2 Å². The number of aromatic nitrogens is 1. The standard InChI is InChI=1S/C38H42N6O10S/c1-38(27-12-14-28(15-13-27)54-29-16-17-31(52-2)32(22-29)53-3)19-21-44(37(38)47)30(36(46)43-48)9-6-7-20-39-35(45)26-11-18-34(40-23-26)42-41-24-25-8-4-5-10-33(25)55(49,50)51/h4-5,8,10-18,22-23,30,48H,6-7,9,19-21,24H2,1-3H3,(H,39,45)(H,43,46)(H,49,50,51). The Morgan fingerprint density at radius 3 is 2.38 bits per heavy atom. The summed E-state index contributed by atoms with van der Waals surface area (Å²) in [4.78, 5) is 44.6. The SMILES string of the molecule is COc1ccc(Oc2ccc(C3(C)CCN(C(CCCCNC(=O)c4ccc(N=NCc5ccccc5S(=O)(=O)O)nc4)C(=O)NO)C3=O)cc2)cc1OC. The first-order chi connectivity index (χ1) is 26.4. The van der Waals surface area contributed by atoms with Gasteiger partial charge in [-0.1, -0.05) is 30.3 Å². The lowest BCUT2D eigenvalue weighted by Crippen LogP contribution is -2.49. The second-order valence-corrected chi connectivity index (χ2v) is 14.2. The zero-order valence-corrected chi connectivity index (χ0v) is 31.3. The van der Waals surface area contributed by atoms with Crippen molar-refractivity contribution in [2.45, 2.75) is 55.5 Å². The number of benzene rings is 3. The van der Waals surface area contributed by atoms with Gasteiger partial charge in [-0.3, -0.25) is 24.1 Å². The lowest BCUT2D eigenvalue weighted by atomic mass is 9.81. The summed E-state index contributed by atoms with van der Waals surface area (Å²) in [5.41, 5.74) is 2.10. The lowest BCUT2D eigenvalue weighted by Gasteiger charge is -2.29. The molecule has 1 aliphatic rings. The van der Waals surface area contributed by atoms with E-state index in [-0.39, 0.29) is 53.2 Å². The molecule has 4 N–H and O–H groups in total. The molecule has 0 bridgehead atoms. The molecule has 3 aromatic carbocycles. The van der Waals surface area contributed by atoms with Gasteiger partial charge in [0.05, 0.1) is 36.6 Å². The molecule has 0 spiro atoms. The molecule has 3 amide bonds. The Bertz CT molecular complexity index is 2130. The Morgan fingerprint density at radius 1 is 0.982 bits per heavy atom. The Labute approximate surface area is 318 Å². The number of hydroxylamine groups is 1. The van der Waals surface area contributed by atoms with Gasteiger partial charge >= 0.3 is 0 Å². The van der Waals surface area contributed by atoms with E-state index in [1.165, 1.54) is 48.5 Å².